The molecule has 0 spiro atoms. The Kier molecular flexibility index (Phi) is 8.08. The molecule has 0 unspecified atom stereocenters. The van der Waals surface area contributed by atoms with Gasteiger partial charge in [-0.05, 0) is 85.3 Å². The zero-order valence-electron chi connectivity index (χ0n) is 26.7. The molecular formula is C31H44N10O4. The molecule has 0 bridgehead atoms. The second-order valence-electron chi connectivity index (χ2n) is 13.9. The number of hydrogen-bond acceptors (Lipinski definition) is 9. The molecule has 5 heterocycles. The molecule has 242 valence electrons. The molecular weight excluding hydrogens is 576 g/mol. The molecule has 3 aliphatic rings. The van der Waals surface area contributed by atoms with Crippen molar-refractivity contribution in [2.24, 2.45) is 0 Å². The zero-order chi connectivity index (χ0) is 31.9. The van der Waals surface area contributed by atoms with Crippen molar-refractivity contribution >= 4 is 41.3 Å². The largest absolute Gasteiger partial charge is 0.444 e. The molecule has 3 aromatic rings. The molecule has 0 aromatic carbocycles. The van der Waals surface area contributed by atoms with Gasteiger partial charge in [-0.3, -0.25) is 19.1 Å². The Morgan fingerprint density at radius 2 is 1.80 bits per heavy atom. The van der Waals surface area contributed by atoms with Crippen molar-refractivity contribution in [2.45, 2.75) is 102 Å². The van der Waals surface area contributed by atoms with E-state index in [9.17, 15) is 14.4 Å². The first kappa shape index (κ1) is 30.7. The monoisotopic (exact) mass is 620 g/mol. The van der Waals surface area contributed by atoms with Crippen molar-refractivity contribution in [3.05, 3.63) is 30.1 Å². The van der Waals surface area contributed by atoms with E-state index in [1.807, 2.05) is 33.7 Å². The fourth-order valence-electron chi connectivity index (χ4n) is 6.12. The lowest BCUT2D eigenvalue weighted by molar-refractivity contribution is -0.139. The fraction of sp³-hybridized carbons (Fsp3) is 0.613. The fourth-order valence-corrected chi connectivity index (χ4v) is 6.12. The number of nitrogens with zero attached hydrogens (tertiary/aromatic N) is 6. The predicted molar refractivity (Wildman–Crippen MR) is 168 cm³/mol. The first-order valence-corrected chi connectivity index (χ1v) is 15.9. The number of anilines is 3. The molecule has 14 nitrogen and oxygen atoms in total. The summed E-state index contributed by atoms with van der Waals surface area (Å²) in [5, 5.41) is 16.8. The number of H-pyrrole nitrogens is 1. The van der Waals surface area contributed by atoms with E-state index in [0.717, 1.165) is 30.6 Å². The van der Waals surface area contributed by atoms with Crippen molar-refractivity contribution in [2.75, 3.05) is 29.9 Å². The van der Waals surface area contributed by atoms with Crippen molar-refractivity contribution in [1.82, 2.24) is 40.1 Å². The van der Waals surface area contributed by atoms with Crippen molar-refractivity contribution in [1.29, 1.82) is 0 Å². The summed E-state index contributed by atoms with van der Waals surface area (Å²) < 4.78 is 7.22. The molecule has 6 rings (SSSR count). The van der Waals surface area contributed by atoms with Gasteiger partial charge in [0.15, 0.2) is 5.82 Å². The van der Waals surface area contributed by atoms with Gasteiger partial charge in [0.05, 0.1) is 0 Å². The molecule has 45 heavy (non-hydrogen) atoms. The molecule has 4 N–H and O–H groups in total. The third kappa shape index (κ3) is 6.99. The Labute approximate surface area is 262 Å². The van der Waals surface area contributed by atoms with Gasteiger partial charge < -0.3 is 30.5 Å². The summed E-state index contributed by atoms with van der Waals surface area (Å²) in [4.78, 5) is 52.8. The van der Waals surface area contributed by atoms with E-state index in [-0.39, 0.29) is 17.9 Å². The number of ether oxygens (including phenoxy) is 1. The maximum atomic E-state index is 13.7. The first-order chi connectivity index (χ1) is 21.4. The van der Waals surface area contributed by atoms with Crippen LogP contribution in [0.25, 0.3) is 5.65 Å². The Bertz CT molecular complexity index is 1570. The summed E-state index contributed by atoms with van der Waals surface area (Å²) in [6.45, 7) is 10.2. The van der Waals surface area contributed by atoms with Crippen LogP contribution < -0.4 is 20.9 Å². The molecule has 3 aromatic heterocycles. The van der Waals surface area contributed by atoms with Gasteiger partial charge >= 0.3 is 6.09 Å². The zero-order valence-corrected chi connectivity index (χ0v) is 26.7. The number of alkyl carbamates (subject to hydrolysis) is 1. The molecule has 1 saturated carbocycles. The summed E-state index contributed by atoms with van der Waals surface area (Å²) in [5.74, 6) is 1.98. The maximum absolute atomic E-state index is 13.7. The third-order valence-electron chi connectivity index (χ3n) is 8.45. The summed E-state index contributed by atoms with van der Waals surface area (Å²) in [6, 6.07) is 5.20. The summed E-state index contributed by atoms with van der Waals surface area (Å²) in [5.41, 5.74) is 0.00790. The van der Waals surface area contributed by atoms with Gasteiger partial charge in [-0.15, -0.1) is 0 Å². The number of carbonyl (C=O) groups excluding carboxylic acids is 3. The molecule has 0 radical (unpaired) electrons. The van der Waals surface area contributed by atoms with Gasteiger partial charge in [-0.2, -0.15) is 15.1 Å². The smallest absolute Gasteiger partial charge is 0.408 e. The minimum atomic E-state index is -1.16. The van der Waals surface area contributed by atoms with E-state index in [2.05, 4.69) is 26.1 Å². The van der Waals surface area contributed by atoms with E-state index in [4.69, 9.17) is 14.7 Å². The van der Waals surface area contributed by atoms with E-state index in [0.29, 0.717) is 49.7 Å². The van der Waals surface area contributed by atoms with E-state index in [1.165, 1.54) is 12.8 Å². The van der Waals surface area contributed by atoms with Gasteiger partial charge in [0.25, 0.3) is 0 Å². The molecule has 14 heteroatoms. The lowest BCUT2D eigenvalue weighted by Gasteiger charge is -2.38. The predicted octanol–water partition coefficient (Wildman–Crippen LogP) is 3.45. The number of aromatic nitrogens is 5. The van der Waals surface area contributed by atoms with Crippen LogP contribution >= 0.6 is 0 Å². The number of fused-ring (bicyclic) bond motifs is 1. The molecule has 1 aliphatic carbocycles. The number of aromatic amines is 1. The number of rotatable bonds is 8. The Hall–Kier alpha value is -4.36. The topological polar surface area (TPSA) is 162 Å². The molecule has 3 amide bonds. The highest BCUT2D eigenvalue weighted by Gasteiger charge is 2.39. The van der Waals surface area contributed by atoms with E-state index >= 15 is 0 Å². The van der Waals surface area contributed by atoms with Crippen LogP contribution in [0, 0.1) is 0 Å². The number of carbonyl (C=O) groups is 3. The number of hydrogen-bond donors (Lipinski definition) is 4. The van der Waals surface area contributed by atoms with Gasteiger partial charge in [0.1, 0.15) is 22.8 Å². The standard InChI is InChI=1S/C31H44N10O4/c1-30(2,3)45-29(44)36-31(4,5)26(43)39-14-6-9-20(18-39)32-25(42)22-10-7-15-40(22)28-34-24-11-8-16-41(24)27(35-28)33-23-17-21(37-38-23)19-12-13-19/h8,11,16-17,19-20,22H,6-7,9-10,12-15,18H2,1-5H3,(H,32,42)(H,36,44)(H2,33,34,35,37,38)/t20-,22+/m1/s1. The second-order valence-corrected chi connectivity index (χ2v) is 13.9. The quantitative estimate of drug-likeness (QED) is 0.296. The summed E-state index contributed by atoms with van der Waals surface area (Å²) in [6.07, 6.45) is 6.62. The highest BCUT2D eigenvalue weighted by atomic mass is 16.6. The Balaban J connectivity index is 1.11. The summed E-state index contributed by atoms with van der Waals surface area (Å²) >= 11 is 0. The lowest BCUT2D eigenvalue weighted by atomic mass is 9.99. The van der Waals surface area contributed by atoms with Crippen LogP contribution in [-0.4, -0.2) is 90.2 Å². The van der Waals surface area contributed by atoms with Crippen LogP contribution in [0.1, 0.15) is 84.8 Å². The minimum absolute atomic E-state index is 0.104. The van der Waals surface area contributed by atoms with Gasteiger partial charge in [0, 0.05) is 49.6 Å². The Morgan fingerprint density at radius 3 is 2.56 bits per heavy atom. The number of likely N-dealkylation sites (tertiary alicyclic amines) is 1. The normalized spacial score (nSPS) is 20.7. The van der Waals surface area contributed by atoms with Crippen LogP contribution in [0.3, 0.4) is 0 Å². The molecule has 2 aliphatic heterocycles. The van der Waals surface area contributed by atoms with Crippen molar-refractivity contribution in [3.8, 4) is 0 Å². The summed E-state index contributed by atoms with van der Waals surface area (Å²) in [7, 11) is 0. The van der Waals surface area contributed by atoms with Gasteiger partial charge in [-0.1, -0.05) is 0 Å². The number of piperidine rings is 1. The van der Waals surface area contributed by atoms with E-state index in [1.54, 1.807) is 39.5 Å². The van der Waals surface area contributed by atoms with Crippen LogP contribution in [0.2, 0.25) is 0 Å². The van der Waals surface area contributed by atoms with Gasteiger partial charge in [0.2, 0.25) is 23.7 Å². The van der Waals surface area contributed by atoms with Gasteiger partial charge in [-0.25, -0.2) is 4.79 Å². The minimum Gasteiger partial charge on any atom is -0.444 e. The van der Waals surface area contributed by atoms with Crippen LogP contribution in [-0.2, 0) is 14.3 Å². The van der Waals surface area contributed by atoms with Crippen molar-refractivity contribution in [3.63, 3.8) is 0 Å². The number of nitrogens with one attached hydrogen (secondary N) is 4. The average Bonchev–Trinajstić information content (AvgIpc) is 3.33. The lowest BCUT2D eigenvalue weighted by Crippen LogP contribution is -2.60. The third-order valence-corrected chi connectivity index (χ3v) is 8.45. The average molecular weight is 621 g/mol. The first-order valence-electron chi connectivity index (χ1n) is 15.9. The van der Waals surface area contributed by atoms with E-state index < -0.39 is 23.3 Å². The molecule has 3 fully saturated rings. The van der Waals surface area contributed by atoms with Crippen molar-refractivity contribution < 1.29 is 19.1 Å². The highest BCUT2D eigenvalue weighted by Crippen LogP contribution is 2.39. The van der Waals surface area contributed by atoms with Crippen LogP contribution in [0.5, 0.6) is 0 Å². The number of amides is 3. The van der Waals surface area contributed by atoms with Crippen LogP contribution in [0.4, 0.5) is 22.5 Å². The molecule has 2 atom stereocenters. The highest BCUT2D eigenvalue weighted by molar-refractivity contribution is 5.89. The van der Waals surface area contributed by atoms with Crippen LogP contribution in [0.15, 0.2) is 24.4 Å². The SMILES string of the molecule is CC(C)(C)OC(=O)NC(C)(C)C(=O)N1CCC[C@@H](NC(=O)[C@@H]2CCCN2c2nc(Nc3cc(C4CC4)[nH]n3)n3cccc3n2)C1. The Morgan fingerprint density at radius 1 is 1.02 bits per heavy atom. The maximum Gasteiger partial charge on any atom is 0.408 e. The second kappa shape index (κ2) is 11.9. The molecule has 2 saturated heterocycles.